The lowest BCUT2D eigenvalue weighted by Crippen LogP contribution is -2.34. The number of ether oxygens (including phenoxy) is 1. The number of hydrogen-bond acceptors (Lipinski definition) is 3. The first kappa shape index (κ1) is 15.8. The van der Waals surface area contributed by atoms with Gasteiger partial charge in [0.15, 0.2) is 0 Å². The molecule has 2 rings (SSSR count). The van der Waals surface area contributed by atoms with E-state index in [1.165, 1.54) is 0 Å². The SMILES string of the molecule is CCCC1(C(=O)O)CCN(Cc2ccccc2OCC)C1. The van der Waals surface area contributed by atoms with Gasteiger partial charge in [0.2, 0.25) is 0 Å². The van der Waals surface area contributed by atoms with E-state index in [1.54, 1.807) is 0 Å². The fraction of sp³-hybridized carbons (Fsp3) is 0.588. The van der Waals surface area contributed by atoms with Crippen molar-refractivity contribution in [2.45, 2.75) is 39.7 Å². The van der Waals surface area contributed by atoms with Gasteiger partial charge in [0, 0.05) is 18.7 Å². The number of carboxylic acid groups (broad SMARTS) is 1. The zero-order valence-electron chi connectivity index (χ0n) is 13.0. The molecule has 0 amide bonds. The van der Waals surface area contributed by atoms with Crippen molar-refractivity contribution < 1.29 is 14.6 Å². The predicted octanol–water partition coefficient (Wildman–Crippen LogP) is 3.16. The third kappa shape index (κ3) is 3.56. The molecular formula is C17H25NO3. The summed E-state index contributed by atoms with van der Waals surface area (Å²) in [6, 6.07) is 8.01. The molecular weight excluding hydrogens is 266 g/mol. The second-order valence-electron chi connectivity index (χ2n) is 5.84. The molecule has 0 saturated carbocycles. The van der Waals surface area contributed by atoms with E-state index >= 15 is 0 Å². The van der Waals surface area contributed by atoms with Crippen LogP contribution in [0.3, 0.4) is 0 Å². The normalized spacial score (nSPS) is 22.4. The quantitative estimate of drug-likeness (QED) is 0.838. The maximum absolute atomic E-state index is 11.6. The van der Waals surface area contributed by atoms with Gasteiger partial charge in [0.05, 0.1) is 12.0 Å². The van der Waals surface area contributed by atoms with Gasteiger partial charge in [-0.25, -0.2) is 0 Å². The van der Waals surface area contributed by atoms with Crippen LogP contribution in [0.25, 0.3) is 0 Å². The van der Waals surface area contributed by atoms with Gasteiger partial charge in [-0.1, -0.05) is 31.5 Å². The molecule has 1 aromatic carbocycles. The minimum Gasteiger partial charge on any atom is -0.494 e. The first-order valence-corrected chi connectivity index (χ1v) is 7.77. The minimum absolute atomic E-state index is 0.560. The number of benzene rings is 1. The smallest absolute Gasteiger partial charge is 0.310 e. The van der Waals surface area contributed by atoms with E-state index in [9.17, 15) is 9.90 Å². The molecule has 0 radical (unpaired) electrons. The third-order valence-corrected chi connectivity index (χ3v) is 4.28. The molecule has 1 fully saturated rings. The maximum Gasteiger partial charge on any atom is 0.310 e. The highest BCUT2D eigenvalue weighted by Gasteiger charge is 2.43. The second-order valence-corrected chi connectivity index (χ2v) is 5.84. The molecule has 0 aliphatic carbocycles. The van der Waals surface area contributed by atoms with Crippen LogP contribution in [0.5, 0.6) is 5.75 Å². The first-order valence-electron chi connectivity index (χ1n) is 7.77. The Morgan fingerprint density at radius 1 is 1.38 bits per heavy atom. The Bertz CT molecular complexity index is 489. The van der Waals surface area contributed by atoms with Crippen molar-refractivity contribution in [2.75, 3.05) is 19.7 Å². The van der Waals surface area contributed by atoms with Crippen molar-refractivity contribution in [1.29, 1.82) is 0 Å². The first-order chi connectivity index (χ1) is 10.1. The van der Waals surface area contributed by atoms with Crippen molar-refractivity contribution in [3.05, 3.63) is 29.8 Å². The monoisotopic (exact) mass is 291 g/mol. The second kappa shape index (κ2) is 6.94. The lowest BCUT2D eigenvalue weighted by atomic mass is 9.83. The molecule has 1 N–H and O–H groups in total. The zero-order valence-corrected chi connectivity index (χ0v) is 13.0. The maximum atomic E-state index is 11.6. The van der Waals surface area contributed by atoms with E-state index in [0.717, 1.165) is 43.7 Å². The van der Waals surface area contributed by atoms with Gasteiger partial charge in [-0.3, -0.25) is 9.69 Å². The lowest BCUT2D eigenvalue weighted by molar-refractivity contribution is -0.148. The summed E-state index contributed by atoms with van der Waals surface area (Å²) in [7, 11) is 0. The highest BCUT2D eigenvalue weighted by Crippen LogP contribution is 2.36. The van der Waals surface area contributed by atoms with E-state index in [1.807, 2.05) is 25.1 Å². The van der Waals surface area contributed by atoms with Crippen LogP contribution in [0, 0.1) is 5.41 Å². The molecule has 0 aromatic heterocycles. The van der Waals surface area contributed by atoms with Crippen LogP contribution in [0.4, 0.5) is 0 Å². The van der Waals surface area contributed by atoms with Gasteiger partial charge in [0.25, 0.3) is 0 Å². The summed E-state index contributed by atoms with van der Waals surface area (Å²) < 4.78 is 5.65. The van der Waals surface area contributed by atoms with E-state index in [0.29, 0.717) is 13.2 Å². The summed E-state index contributed by atoms with van der Waals surface area (Å²) >= 11 is 0. The van der Waals surface area contributed by atoms with Gasteiger partial charge in [-0.15, -0.1) is 0 Å². The molecule has 1 unspecified atom stereocenters. The number of hydrogen-bond donors (Lipinski definition) is 1. The standard InChI is InChI=1S/C17H25NO3/c1-3-9-17(16(19)20)10-11-18(13-17)12-14-7-5-6-8-15(14)21-4-2/h5-8H,3-4,9-13H2,1-2H3,(H,19,20). The summed E-state index contributed by atoms with van der Waals surface area (Å²) in [6.07, 6.45) is 2.41. The Balaban J connectivity index is 2.07. The van der Waals surface area contributed by atoms with Gasteiger partial charge in [0.1, 0.15) is 5.75 Å². The van der Waals surface area contributed by atoms with Crippen molar-refractivity contribution in [3.8, 4) is 5.75 Å². The summed E-state index contributed by atoms with van der Waals surface area (Å²) in [5, 5.41) is 9.57. The van der Waals surface area contributed by atoms with Crippen LogP contribution in [0.1, 0.15) is 38.7 Å². The molecule has 21 heavy (non-hydrogen) atoms. The highest BCUT2D eigenvalue weighted by molar-refractivity contribution is 5.75. The average molecular weight is 291 g/mol. The van der Waals surface area contributed by atoms with Crippen LogP contribution in [-0.4, -0.2) is 35.7 Å². The summed E-state index contributed by atoms with van der Waals surface area (Å²) in [6.45, 7) is 6.91. The van der Waals surface area contributed by atoms with Crippen LogP contribution < -0.4 is 4.74 Å². The van der Waals surface area contributed by atoms with Crippen LogP contribution in [0.2, 0.25) is 0 Å². The molecule has 1 aliphatic rings. The van der Waals surface area contributed by atoms with E-state index in [4.69, 9.17) is 4.74 Å². The Kier molecular flexibility index (Phi) is 5.23. The molecule has 1 aromatic rings. The molecule has 0 bridgehead atoms. The number of carboxylic acids is 1. The van der Waals surface area contributed by atoms with Gasteiger partial charge in [-0.2, -0.15) is 0 Å². The molecule has 1 atom stereocenters. The number of likely N-dealkylation sites (tertiary alicyclic amines) is 1. The minimum atomic E-state index is -0.648. The summed E-state index contributed by atoms with van der Waals surface area (Å²) in [5.74, 6) is 0.258. The molecule has 1 saturated heterocycles. The molecule has 0 spiro atoms. The van der Waals surface area contributed by atoms with Crippen molar-refractivity contribution >= 4 is 5.97 Å². The molecule has 116 valence electrons. The van der Waals surface area contributed by atoms with E-state index in [2.05, 4.69) is 17.9 Å². The van der Waals surface area contributed by atoms with Crippen LogP contribution in [0.15, 0.2) is 24.3 Å². The Hall–Kier alpha value is -1.55. The summed E-state index contributed by atoms with van der Waals surface area (Å²) in [4.78, 5) is 13.9. The zero-order chi connectivity index (χ0) is 15.3. The predicted molar refractivity (Wildman–Crippen MR) is 82.5 cm³/mol. The highest BCUT2D eigenvalue weighted by atomic mass is 16.5. The lowest BCUT2D eigenvalue weighted by Gasteiger charge is -2.24. The Morgan fingerprint density at radius 2 is 2.14 bits per heavy atom. The van der Waals surface area contributed by atoms with Crippen LogP contribution in [-0.2, 0) is 11.3 Å². The Labute approximate surface area is 126 Å². The third-order valence-electron chi connectivity index (χ3n) is 4.28. The number of para-hydroxylation sites is 1. The van der Waals surface area contributed by atoms with Crippen molar-refractivity contribution in [2.24, 2.45) is 5.41 Å². The Morgan fingerprint density at radius 3 is 2.81 bits per heavy atom. The van der Waals surface area contributed by atoms with E-state index in [-0.39, 0.29) is 0 Å². The topological polar surface area (TPSA) is 49.8 Å². The fourth-order valence-electron chi connectivity index (χ4n) is 3.23. The van der Waals surface area contributed by atoms with E-state index < -0.39 is 11.4 Å². The number of nitrogens with zero attached hydrogens (tertiary/aromatic N) is 1. The number of rotatable bonds is 7. The molecule has 4 nitrogen and oxygen atoms in total. The summed E-state index contributed by atoms with van der Waals surface area (Å²) in [5.41, 5.74) is 0.576. The van der Waals surface area contributed by atoms with Gasteiger partial charge in [-0.05, 0) is 32.4 Å². The fourth-order valence-corrected chi connectivity index (χ4v) is 3.23. The number of carbonyl (C=O) groups is 1. The largest absolute Gasteiger partial charge is 0.494 e. The van der Waals surface area contributed by atoms with Crippen molar-refractivity contribution in [1.82, 2.24) is 4.90 Å². The molecule has 1 heterocycles. The van der Waals surface area contributed by atoms with Crippen LogP contribution >= 0.6 is 0 Å². The van der Waals surface area contributed by atoms with Crippen molar-refractivity contribution in [3.63, 3.8) is 0 Å². The molecule has 1 aliphatic heterocycles. The van der Waals surface area contributed by atoms with Gasteiger partial charge < -0.3 is 9.84 Å². The molecule has 4 heteroatoms. The number of aliphatic carboxylic acids is 1. The average Bonchev–Trinajstić information content (AvgIpc) is 2.86. The van der Waals surface area contributed by atoms with Gasteiger partial charge >= 0.3 is 5.97 Å².